The first-order valence-corrected chi connectivity index (χ1v) is 6.21. The highest BCUT2D eigenvalue weighted by Gasteiger charge is 2.21. The number of rotatable bonds is 3. The molecule has 1 unspecified atom stereocenters. The van der Waals surface area contributed by atoms with Crippen LogP contribution < -0.4 is 5.56 Å². The van der Waals surface area contributed by atoms with Gasteiger partial charge < -0.3 is 9.67 Å². The summed E-state index contributed by atoms with van der Waals surface area (Å²) in [5.41, 5.74) is 1.06. The first kappa shape index (κ1) is 12.3. The zero-order valence-electron chi connectivity index (χ0n) is 10.3. The van der Waals surface area contributed by atoms with Gasteiger partial charge in [0.15, 0.2) is 0 Å². The van der Waals surface area contributed by atoms with Crippen molar-refractivity contribution in [1.29, 1.82) is 0 Å². The molecule has 17 heavy (non-hydrogen) atoms. The molecule has 0 aromatic carbocycles. The third-order valence-corrected chi connectivity index (χ3v) is 3.51. The van der Waals surface area contributed by atoms with Gasteiger partial charge in [0.25, 0.3) is 5.56 Å². The predicted octanol–water partition coefficient (Wildman–Crippen LogP) is 0.732. The summed E-state index contributed by atoms with van der Waals surface area (Å²) in [6.45, 7) is 1.99. The Bertz CT molecular complexity index is 428. The largest absolute Gasteiger partial charge is 0.395 e. The number of pyridine rings is 1. The maximum atomic E-state index is 11.5. The average Bonchev–Trinajstić information content (AvgIpc) is 2.34. The van der Waals surface area contributed by atoms with Crippen molar-refractivity contribution in [2.75, 3.05) is 13.2 Å². The van der Waals surface area contributed by atoms with Gasteiger partial charge in [-0.3, -0.25) is 9.69 Å². The Morgan fingerprint density at radius 1 is 1.47 bits per heavy atom. The first-order valence-electron chi connectivity index (χ1n) is 6.21. The van der Waals surface area contributed by atoms with Crippen molar-refractivity contribution < 1.29 is 5.11 Å². The normalized spacial score (nSPS) is 21.6. The minimum absolute atomic E-state index is 0.0278. The van der Waals surface area contributed by atoms with Gasteiger partial charge in [-0.25, -0.2) is 0 Å². The van der Waals surface area contributed by atoms with E-state index < -0.39 is 0 Å². The van der Waals surface area contributed by atoms with Crippen LogP contribution in [0.2, 0.25) is 0 Å². The van der Waals surface area contributed by atoms with E-state index in [4.69, 9.17) is 0 Å². The Hall–Kier alpha value is -1.13. The lowest BCUT2D eigenvalue weighted by Crippen LogP contribution is -2.41. The SMILES string of the molecule is Cn1ccc(CN2CCCCC2CO)cc1=O. The van der Waals surface area contributed by atoms with Crippen LogP contribution in [0.1, 0.15) is 24.8 Å². The molecule has 0 aliphatic carbocycles. The Morgan fingerprint density at radius 2 is 2.29 bits per heavy atom. The zero-order chi connectivity index (χ0) is 12.3. The van der Waals surface area contributed by atoms with Crippen molar-refractivity contribution in [3.63, 3.8) is 0 Å². The molecule has 4 heteroatoms. The number of aryl methyl sites for hydroxylation is 1. The second kappa shape index (κ2) is 5.47. The van der Waals surface area contributed by atoms with Crippen LogP contribution in [0.15, 0.2) is 23.1 Å². The van der Waals surface area contributed by atoms with E-state index in [0.29, 0.717) is 0 Å². The topological polar surface area (TPSA) is 45.5 Å². The van der Waals surface area contributed by atoms with Gasteiger partial charge in [-0.2, -0.15) is 0 Å². The Kier molecular flexibility index (Phi) is 3.97. The van der Waals surface area contributed by atoms with Crippen LogP contribution >= 0.6 is 0 Å². The van der Waals surface area contributed by atoms with E-state index in [1.54, 1.807) is 23.9 Å². The quantitative estimate of drug-likeness (QED) is 0.841. The molecule has 1 N–H and O–H groups in total. The zero-order valence-corrected chi connectivity index (χ0v) is 10.3. The van der Waals surface area contributed by atoms with E-state index in [0.717, 1.165) is 25.1 Å². The highest BCUT2D eigenvalue weighted by atomic mass is 16.3. The molecule has 0 saturated carbocycles. The van der Waals surface area contributed by atoms with Gasteiger partial charge in [-0.05, 0) is 31.0 Å². The van der Waals surface area contributed by atoms with Gasteiger partial charge in [0.05, 0.1) is 6.61 Å². The van der Waals surface area contributed by atoms with Crippen molar-refractivity contribution in [3.8, 4) is 0 Å². The number of hydrogen-bond acceptors (Lipinski definition) is 3. The second-order valence-corrected chi connectivity index (χ2v) is 4.79. The molecule has 2 heterocycles. The summed E-state index contributed by atoms with van der Waals surface area (Å²) in [7, 11) is 1.75. The molecule has 1 aromatic heterocycles. The first-order chi connectivity index (χ1) is 8.20. The number of piperidine rings is 1. The number of aromatic nitrogens is 1. The van der Waals surface area contributed by atoms with Crippen LogP contribution in [-0.4, -0.2) is 33.8 Å². The molecule has 1 aliphatic heterocycles. The van der Waals surface area contributed by atoms with E-state index in [2.05, 4.69) is 4.90 Å². The van der Waals surface area contributed by atoms with Crippen LogP contribution in [0.3, 0.4) is 0 Å². The van der Waals surface area contributed by atoms with Crippen LogP contribution in [0.5, 0.6) is 0 Å². The standard InChI is InChI=1S/C13H20N2O2/c1-14-7-5-11(8-13(14)17)9-15-6-3-2-4-12(15)10-16/h5,7-8,12,16H,2-4,6,9-10H2,1H3. The molecule has 1 atom stereocenters. The summed E-state index contributed by atoms with van der Waals surface area (Å²) in [5.74, 6) is 0. The summed E-state index contributed by atoms with van der Waals surface area (Å²) in [4.78, 5) is 13.8. The summed E-state index contributed by atoms with van der Waals surface area (Å²) in [6.07, 6.45) is 5.23. The van der Waals surface area contributed by atoms with Gasteiger partial charge >= 0.3 is 0 Å². The second-order valence-electron chi connectivity index (χ2n) is 4.79. The van der Waals surface area contributed by atoms with Gasteiger partial charge in [-0.1, -0.05) is 6.42 Å². The van der Waals surface area contributed by atoms with Crippen molar-refractivity contribution in [2.45, 2.75) is 31.8 Å². The molecule has 1 aromatic rings. The predicted molar refractivity (Wildman–Crippen MR) is 66.8 cm³/mol. The lowest BCUT2D eigenvalue weighted by molar-refractivity contribution is 0.0840. The van der Waals surface area contributed by atoms with Crippen molar-refractivity contribution in [1.82, 2.24) is 9.47 Å². The van der Waals surface area contributed by atoms with E-state index in [1.165, 1.54) is 12.8 Å². The molecule has 4 nitrogen and oxygen atoms in total. The Labute approximate surface area is 101 Å². The summed E-state index contributed by atoms with van der Waals surface area (Å²) in [5, 5.41) is 9.33. The number of nitrogens with zero attached hydrogens (tertiary/aromatic N) is 2. The molecule has 0 radical (unpaired) electrons. The number of likely N-dealkylation sites (tertiary alicyclic amines) is 1. The molecule has 0 spiro atoms. The van der Waals surface area contributed by atoms with E-state index in [-0.39, 0.29) is 18.2 Å². The minimum atomic E-state index is 0.0278. The van der Waals surface area contributed by atoms with Crippen molar-refractivity contribution in [2.24, 2.45) is 7.05 Å². The monoisotopic (exact) mass is 236 g/mol. The molecule has 1 saturated heterocycles. The van der Waals surface area contributed by atoms with Gasteiger partial charge in [0.2, 0.25) is 0 Å². The lowest BCUT2D eigenvalue weighted by atomic mass is 10.0. The van der Waals surface area contributed by atoms with Crippen molar-refractivity contribution >= 4 is 0 Å². The van der Waals surface area contributed by atoms with Crippen LogP contribution in [0, 0.1) is 0 Å². The maximum absolute atomic E-state index is 11.5. The van der Waals surface area contributed by atoms with Gasteiger partial charge in [0, 0.05) is 31.9 Å². The highest BCUT2D eigenvalue weighted by Crippen LogP contribution is 2.18. The van der Waals surface area contributed by atoms with E-state index in [1.807, 2.05) is 6.07 Å². The highest BCUT2D eigenvalue weighted by molar-refractivity contribution is 5.11. The molecule has 1 fully saturated rings. The Morgan fingerprint density at radius 3 is 3.00 bits per heavy atom. The summed E-state index contributed by atoms with van der Waals surface area (Å²) >= 11 is 0. The number of hydrogen-bond donors (Lipinski definition) is 1. The van der Waals surface area contributed by atoms with Gasteiger partial charge in [0.1, 0.15) is 0 Å². The fraction of sp³-hybridized carbons (Fsp3) is 0.615. The smallest absolute Gasteiger partial charge is 0.250 e. The van der Waals surface area contributed by atoms with Crippen LogP contribution in [0.25, 0.3) is 0 Å². The number of aliphatic hydroxyl groups is 1. The third kappa shape index (κ3) is 2.96. The number of aliphatic hydroxyl groups excluding tert-OH is 1. The summed E-state index contributed by atoms with van der Waals surface area (Å²) in [6, 6.07) is 3.92. The maximum Gasteiger partial charge on any atom is 0.250 e. The molecule has 1 aliphatic rings. The molecule has 2 rings (SSSR count). The van der Waals surface area contributed by atoms with E-state index in [9.17, 15) is 9.90 Å². The third-order valence-electron chi connectivity index (χ3n) is 3.51. The van der Waals surface area contributed by atoms with Crippen LogP contribution in [0.4, 0.5) is 0 Å². The lowest BCUT2D eigenvalue weighted by Gasteiger charge is -2.34. The Balaban J connectivity index is 2.08. The molecule has 0 bridgehead atoms. The van der Waals surface area contributed by atoms with Crippen LogP contribution in [-0.2, 0) is 13.6 Å². The molecular weight excluding hydrogens is 216 g/mol. The average molecular weight is 236 g/mol. The van der Waals surface area contributed by atoms with E-state index >= 15 is 0 Å². The fourth-order valence-corrected chi connectivity index (χ4v) is 2.40. The molecule has 0 amide bonds. The van der Waals surface area contributed by atoms with Crippen molar-refractivity contribution in [3.05, 3.63) is 34.2 Å². The minimum Gasteiger partial charge on any atom is -0.395 e. The summed E-state index contributed by atoms with van der Waals surface area (Å²) < 4.78 is 1.57. The molecule has 94 valence electrons. The molecular formula is C13H20N2O2. The van der Waals surface area contributed by atoms with Gasteiger partial charge in [-0.15, -0.1) is 0 Å². The fourth-order valence-electron chi connectivity index (χ4n) is 2.40.